The molecule has 2 amide bonds. The molecule has 1 aliphatic carbocycles. The van der Waals surface area contributed by atoms with E-state index in [4.69, 9.17) is 0 Å². The molecule has 3 aliphatic rings. The standard InChI is InChI=1S/C23H33N3O4S/c1-17(27)26-14-11-19-16-21(7-8-22(19)26)31(29,30)25-12-9-18(10-13-25)15-23(28)24-20-5-3-2-4-6-20/h7-8,16,18,20H,2-6,9-15H2,1H3,(H,24,28). The van der Waals surface area contributed by atoms with Gasteiger partial charge in [0, 0.05) is 44.7 Å². The minimum atomic E-state index is -3.57. The van der Waals surface area contributed by atoms with E-state index in [1.165, 1.54) is 26.2 Å². The summed E-state index contributed by atoms with van der Waals surface area (Å²) in [4.78, 5) is 26.1. The smallest absolute Gasteiger partial charge is 0.243 e. The zero-order valence-corrected chi connectivity index (χ0v) is 19.1. The largest absolute Gasteiger partial charge is 0.353 e. The van der Waals surface area contributed by atoms with Crippen molar-refractivity contribution in [2.45, 2.75) is 75.6 Å². The first kappa shape index (κ1) is 22.3. The van der Waals surface area contributed by atoms with E-state index in [9.17, 15) is 18.0 Å². The van der Waals surface area contributed by atoms with Crippen molar-refractivity contribution in [1.29, 1.82) is 0 Å². The summed E-state index contributed by atoms with van der Waals surface area (Å²) in [6.07, 6.45) is 8.38. The van der Waals surface area contributed by atoms with Crippen LogP contribution in [0, 0.1) is 5.92 Å². The van der Waals surface area contributed by atoms with Crippen LogP contribution in [0.15, 0.2) is 23.1 Å². The van der Waals surface area contributed by atoms with Gasteiger partial charge >= 0.3 is 0 Å². The molecule has 4 rings (SSSR count). The summed E-state index contributed by atoms with van der Waals surface area (Å²) in [7, 11) is -3.57. The molecule has 1 aromatic carbocycles. The van der Waals surface area contributed by atoms with Gasteiger partial charge in [0.2, 0.25) is 21.8 Å². The molecule has 8 heteroatoms. The van der Waals surface area contributed by atoms with Gasteiger partial charge in [-0.25, -0.2) is 8.42 Å². The number of anilines is 1. The first-order valence-corrected chi connectivity index (χ1v) is 13.0. The Hall–Kier alpha value is -1.93. The van der Waals surface area contributed by atoms with E-state index in [1.807, 2.05) is 0 Å². The van der Waals surface area contributed by atoms with Crippen LogP contribution in [0.3, 0.4) is 0 Å². The van der Waals surface area contributed by atoms with Crippen LogP contribution in [-0.4, -0.2) is 50.2 Å². The first-order valence-electron chi connectivity index (χ1n) is 11.5. The predicted octanol–water partition coefficient (Wildman–Crippen LogP) is 2.84. The van der Waals surface area contributed by atoms with Gasteiger partial charge in [0.15, 0.2) is 0 Å². The van der Waals surface area contributed by atoms with E-state index in [-0.39, 0.29) is 17.7 Å². The van der Waals surface area contributed by atoms with Gasteiger partial charge in [0.1, 0.15) is 0 Å². The molecule has 0 unspecified atom stereocenters. The van der Waals surface area contributed by atoms with Crippen LogP contribution in [0.5, 0.6) is 0 Å². The molecular weight excluding hydrogens is 414 g/mol. The van der Waals surface area contributed by atoms with Crippen LogP contribution in [0.25, 0.3) is 0 Å². The van der Waals surface area contributed by atoms with Gasteiger partial charge in [0.05, 0.1) is 4.90 Å². The fourth-order valence-corrected chi connectivity index (χ4v) is 6.69. The maximum Gasteiger partial charge on any atom is 0.243 e. The van der Waals surface area contributed by atoms with Gasteiger partial charge in [-0.15, -0.1) is 0 Å². The van der Waals surface area contributed by atoms with Crippen LogP contribution < -0.4 is 10.2 Å². The quantitative estimate of drug-likeness (QED) is 0.752. The number of benzene rings is 1. The van der Waals surface area contributed by atoms with E-state index in [2.05, 4.69) is 5.32 Å². The normalized spacial score (nSPS) is 21.1. The summed E-state index contributed by atoms with van der Waals surface area (Å²) in [5.41, 5.74) is 1.72. The lowest BCUT2D eigenvalue weighted by Gasteiger charge is -2.31. The van der Waals surface area contributed by atoms with Crippen molar-refractivity contribution in [3.8, 4) is 0 Å². The van der Waals surface area contributed by atoms with E-state index in [1.54, 1.807) is 27.4 Å². The van der Waals surface area contributed by atoms with Crippen molar-refractivity contribution in [1.82, 2.24) is 9.62 Å². The van der Waals surface area contributed by atoms with Crippen molar-refractivity contribution in [3.63, 3.8) is 0 Å². The van der Waals surface area contributed by atoms with Crippen LogP contribution in [0.1, 0.15) is 63.9 Å². The number of rotatable bonds is 5. The van der Waals surface area contributed by atoms with Crippen molar-refractivity contribution < 1.29 is 18.0 Å². The third-order valence-corrected chi connectivity index (χ3v) is 8.88. The molecule has 1 aromatic rings. The number of nitrogens with zero attached hydrogens (tertiary/aromatic N) is 2. The number of sulfonamides is 1. The minimum absolute atomic E-state index is 0.0241. The Morgan fingerprint density at radius 2 is 1.74 bits per heavy atom. The Balaban J connectivity index is 1.33. The van der Waals surface area contributed by atoms with Crippen LogP contribution in [0.2, 0.25) is 0 Å². The SMILES string of the molecule is CC(=O)N1CCc2cc(S(=O)(=O)N3CCC(CC(=O)NC4CCCCC4)CC3)ccc21. The van der Waals surface area contributed by atoms with Gasteiger partial charge in [0.25, 0.3) is 0 Å². The Kier molecular flexibility index (Phi) is 6.67. The molecule has 1 N–H and O–H groups in total. The van der Waals surface area contributed by atoms with E-state index in [0.29, 0.717) is 56.3 Å². The summed E-state index contributed by atoms with van der Waals surface area (Å²) in [6, 6.07) is 5.40. The Morgan fingerprint density at radius 1 is 1.03 bits per heavy atom. The number of piperidine rings is 1. The highest BCUT2D eigenvalue weighted by Crippen LogP contribution is 2.32. The predicted molar refractivity (Wildman–Crippen MR) is 119 cm³/mol. The average Bonchev–Trinajstić information content (AvgIpc) is 3.18. The molecule has 7 nitrogen and oxygen atoms in total. The maximum absolute atomic E-state index is 13.2. The molecule has 0 bridgehead atoms. The lowest BCUT2D eigenvalue weighted by Crippen LogP contribution is -2.41. The number of hydrogen-bond acceptors (Lipinski definition) is 4. The van der Waals surface area contributed by atoms with Crippen molar-refractivity contribution in [2.75, 3.05) is 24.5 Å². The molecule has 2 fully saturated rings. The second-order valence-corrected chi connectivity index (χ2v) is 11.1. The first-order chi connectivity index (χ1) is 14.8. The van der Waals surface area contributed by atoms with Crippen molar-refractivity contribution >= 4 is 27.5 Å². The molecular formula is C23H33N3O4S. The van der Waals surface area contributed by atoms with Crippen LogP contribution in [0.4, 0.5) is 5.69 Å². The van der Waals surface area contributed by atoms with Crippen LogP contribution in [-0.2, 0) is 26.0 Å². The summed E-state index contributed by atoms with van der Waals surface area (Å²) in [5, 5.41) is 3.17. The van der Waals surface area contributed by atoms with Crippen molar-refractivity contribution in [2.24, 2.45) is 5.92 Å². The number of hydrogen-bond donors (Lipinski definition) is 1. The zero-order chi connectivity index (χ0) is 22.0. The monoisotopic (exact) mass is 447 g/mol. The molecule has 1 saturated carbocycles. The van der Waals surface area contributed by atoms with Gasteiger partial charge in [-0.1, -0.05) is 19.3 Å². The van der Waals surface area contributed by atoms with E-state index in [0.717, 1.165) is 24.1 Å². The van der Waals surface area contributed by atoms with Gasteiger partial charge in [-0.3, -0.25) is 9.59 Å². The number of fused-ring (bicyclic) bond motifs is 1. The molecule has 2 aliphatic heterocycles. The second kappa shape index (κ2) is 9.28. The highest BCUT2D eigenvalue weighted by atomic mass is 32.2. The maximum atomic E-state index is 13.2. The number of amides is 2. The van der Waals surface area contributed by atoms with E-state index >= 15 is 0 Å². The second-order valence-electron chi connectivity index (χ2n) is 9.17. The molecule has 170 valence electrons. The Bertz CT molecular complexity index is 932. The number of nitrogens with one attached hydrogen (secondary N) is 1. The highest BCUT2D eigenvalue weighted by Gasteiger charge is 2.32. The Morgan fingerprint density at radius 3 is 2.42 bits per heavy atom. The summed E-state index contributed by atoms with van der Waals surface area (Å²) < 4.78 is 27.9. The summed E-state index contributed by atoms with van der Waals surface area (Å²) in [5.74, 6) is 0.324. The lowest BCUT2D eigenvalue weighted by atomic mass is 9.92. The minimum Gasteiger partial charge on any atom is -0.353 e. The topological polar surface area (TPSA) is 86.8 Å². The van der Waals surface area contributed by atoms with Crippen molar-refractivity contribution in [3.05, 3.63) is 23.8 Å². The third-order valence-electron chi connectivity index (χ3n) is 6.98. The zero-order valence-electron chi connectivity index (χ0n) is 18.3. The van der Waals surface area contributed by atoms with Gasteiger partial charge < -0.3 is 10.2 Å². The van der Waals surface area contributed by atoms with E-state index < -0.39 is 10.0 Å². The molecule has 0 spiro atoms. The van der Waals surface area contributed by atoms with Gasteiger partial charge in [-0.2, -0.15) is 4.31 Å². The molecule has 1 saturated heterocycles. The molecule has 2 heterocycles. The van der Waals surface area contributed by atoms with Gasteiger partial charge in [-0.05, 0) is 61.8 Å². The molecule has 0 atom stereocenters. The summed E-state index contributed by atoms with van der Waals surface area (Å²) >= 11 is 0. The summed E-state index contributed by atoms with van der Waals surface area (Å²) in [6.45, 7) is 3.02. The highest BCUT2D eigenvalue weighted by molar-refractivity contribution is 7.89. The lowest BCUT2D eigenvalue weighted by molar-refractivity contribution is -0.123. The molecule has 0 radical (unpaired) electrons. The molecule has 31 heavy (non-hydrogen) atoms. The molecule has 0 aromatic heterocycles. The van der Waals surface area contributed by atoms with Crippen LogP contribution >= 0.6 is 0 Å². The third kappa shape index (κ3) is 4.95. The average molecular weight is 448 g/mol. The fraction of sp³-hybridized carbons (Fsp3) is 0.652. The fourth-order valence-electron chi connectivity index (χ4n) is 5.16. The number of carbonyl (C=O) groups is 2. The number of carbonyl (C=O) groups excluding carboxylic acids is 2. The Labute approximate surface area is 185 Å².